The van der Waals surface area contributed by atoms with Gasteiger partial charge in [0.1, 0.15) is 6.29 Å². The lowest BCUT2D eigenvalue weighted by Crippen LogP contribution is -1.70. The Balaban J connectivity index is -0.000000125. The van der Waals surface area contributed by atoms with E-state index in [9.17, 15) is 4.79 Å². The van der Waals surface area contributed by atoms with Crippen LogP contribution in [0.3, 0.4) is 0 Å². The summed E-state index contributed by atoms with van der Waals surface area (Å²) in [7, 11) is 0. The van der Waals surface area contributed by atoms with E-state index in [0.717, 1.165) is 25.5 Å². The summed E-state index contributed by atoms with van der Waals surface area (Å²) in [5, 5.41) is 0. The van der Waals surface area contributed by atoms with E-state index >= 15 is 0 Å². The maximum Gasteiger partial charge on any atom is 0.119 e. The Hall–Kier alpha value is 0.250. The maximum absolute atomic E-state index is 9.56. The second-order valence-corrected chi connectivity index (χ2v) is 1.31. The van der Waals surface area contributed by atoms with Crippen molar-refractivity contribution in [3.05, 3.63) is 0 Å². The lowest BCUT2D eigenvalue weighted by atomic mass is 10.3. The zero-order valence-corrected chi connectivity index (χ0v) is 6.56. The van der Waals surface area contributed by atoms with Crippen LogP contribution in [0, 0.1) is 0 Å². The average Bonchev–Trinajstić information content (AvgIpc) is 1.61. The van der Waals surface area contributed by atoms with Gasteiger partial charge in [0.15, 0.2) is 0 Å². The van der Waals surface area contributed by atoms with Crippen LogP contribution in [0.15, 0.2) is 0 Å². The molecule has 0 aromatic carbocycles. The largest absolute Gasteiger partial charge is 0.303 e. The van der Waals surface area contributed by atoms with E-state index in [0.29, 0.717) is 0 Å². The second-order valence-electron chi connectivity index (χ2n) is 1.31. The summed E-state index contributed by atoms with van der Waals surface area (Å²) in [4.78, 5) is 9.56. The third kappa shape index (κ3) is 16.3. The van der Waals surface area contributed by atoms with Crippen LogP contribution in [0.25, 0.3) is 0 Å². The van der Waals surface area contributed by atoms with Crippen LogP contribution in [0.1, 0.15) is 26.2 Å². The average molecular weight is 159 g/mol. The van der Waals surface area contributed by atoms with Crippen LogP contribution >= 0.6 is 24.8 Å². The standard InChI is InChI=1S/C5H10O.2ClH/c1-2-3-4-5-6;;/h5H,2-4H2,1H3;2*1H. The number of unbranched alkanes of at least 4 members (excludes halogenated alkanes) is 2. The van der Waals surface area contributed by atoms with Gasteiger partial charge in [0, 0.05) is 6.42 Å². The monoisotopic (exact) mass is 158 g/mol. The quantitative estimate of drug-likeness (QED) is 0.455. The Morgan fingerprint density at radius 3 is 2.00 bits per heavy atom. The van der Waals surface area contributed by atoms with E-state index in [2.05, 4.69) is 6.92 Å². The molecule has 1 nitrogen and oxygen atoms in total. The minimum absolute atomic E-state index is 0. The van der Waals surface area contributed by atoms with Crippen LogP contribution in [-0.4, -0.2) is 6.29 Å². The van der Waals surface area contributed by atoms with Crippen molar-refractivity contribution >= 4 is 31.1 Å². The van der Waals surface area contributed by atoms with Crippen molar-refractivity contribution in [2.45, 2.75) is 26.2 Å². The summed E-state index contributed by atoms with van der Waals surface area (Å²) in [6, 6.07) is 0. The van der Waals surface area contributed by atoms with Gasteiger partial charge in [-0.3, -0.25) is 0 Å². The molecule has 0 atom stereocenters. The third-order valence-corrected chi connectivity index (χ3v) is 0.676. The van der Waals surface area contributed by atoms with Gasteiger partial charge in [-0.2, -0.15) is 0 Å². The van der Waals surface area contributed by atoms with Crippen LogP contribution in [0.2, 0.25) is 0 Å². The predicted octanol–water partition coefficient (Wildman–Crippen LogP) is 2.22. The Kier molecular flexibility index (Phi) is 30.8. The molecule has 0 bridgehead atoms. The van der Waals surface area contributed by atoms with Crippen LogP contribution in [0.5, 0.6) is 0 Å². The normalized spacial score (nSPS) is 6.12. The minimum atomic E-state index is 0. The molecular weight excluding hydrogens is 147 g/mol. The number of rotatable bonds is 3. The van der Waals surface area contributed by atoms with Gasteiger partial charge >= 0.3 is 0 Å². The number of carbonyl (C=O) groups is 1. The summed E-state index contributed by atoms with van der Waals surface area (Å²) in [5.41, 5.74) is 0. The first-order valence-corrected chi connectivity index (χ1v) is 2.35. The first-order chi connectivity index (χ1) is 2.91. The molecule has 3 heteroatoms. The van der Waals surface area contributed by atoms with Gasteiger partial charge < -0.3 is 4.79 Å². The van der Waals surface area contributed by atoms with Gasteiger partial charge in [0.2, 0.25) is 0 Å². The van der Waals surface area contributed by atoms with E-state index < -0.39 is 0 Å². The molecule has 0 rings (SSSR count). The van der Waals surface area contributed by atoms with Gasteiger partial charge in [-0.15, -0.1) is 24.8 Å². The van der Waals surface area contributed by atoms with Crippen LogP contribution < -0.4 is 0 Å². The summed E-state index contributed by atoms with van der Waals surface area (Å²) in [5.74, 6) is 0. The molecule has 0 aliphatic heterocycles. The molecule has 0 amide bonds. The Labute approximate surface area is 62.7 Å². The lowest BCUT2D eigenvalue weighted by Gasteiger charge is -1.79. The van der Waals surface area contributed by atoms with E-state index in [1.807, 2.05) is 0 Å². The third-order valence-electron chi connectivity index (χ3n) is 0.676. The maximum atomic E-state index is 9.56. The van der Waals surface area contributed by atoms with Gasteiger partial charge in [-0.25, -0.2) is 0 Å². The van der Waals surface area contributed by atoms with E-state index in [4.69, 9.17) is 0 Å². The van der Waals surface area contributed by atoms with Gasteiger partial charge in [-0.1, -0.05) is 13.3 Å². The molecule has 0 aromatic rings. The SMILES string of the molecule is CCCCC=O.Cl.Cl. The predicted molar refractivity (Wildman–Crippen MR) is 40.1 cm³/mol. The molecule has 0 aliphatic carbocycles. The van der Waals surface area contributed by atoms with Gasteiger partial charge in [0.05, 0.1) is 0 Å². The van der Waals surface area contributed by atoms with E-state index in [1.54, 1.807) is 0 Å². The van der Waals surface area contributed by atoms with Crippen molar-refractivity contribution < 1.29 is 4.79 Å². The van der Waals surface area contributed by atoms with Crippen molar-refractivity contribution in [3.8, 4) is 0 Å². The molecule has 0 N–H and O–H groups in total. The first kappa shape index (κ1) is 15.7. The molecule has 0 aromatic heterocycles. The van der Waals surface area contributed by atoms with Crippen molar-refractivity contribution in [1.82, 2.24) is 0 Å². The first-order valence-electron chi connectivity index (χ1n) is 2.35. The molecule has 0 heterocycles. The lowest BCUT2D eigenvalue weighted by molar-refractivity contribution is -0.107. The van der Waals surface area contributed by atoms with Crippen molar-refractivity contribution in [2.75, 3.05) is 0 Å². The van der Waals surface area contributed by atoms with E-state index in [-0.39, 0.29) is 24.8 Å². The molecule has 8 heavy (non-hydrogen) atoms. The Morgan fingerprint density at radius 2 is 1.88 bits per heavy atom. The summed E-state index contributed by atoms with van der Waals surface area (Å²) in [6.07, 6.45) is 3.86. The molecule has 0 saturated carbocycles. The van der Waals surface area contributed by atoms with Crippen LogP contribution in [-0.2, 0) is 4.79 Å². The molecule has 0 saturated heterocycles. The van der Waals surface area contributed by atoms with Crippen molar-refractivity contribution in [1.29, 1.82) is 0 Å². The summed E-state index contributed by atoms with van der Waals surface area (Å²) in [6.45, 7) is 2.07. The highest BCUT2D eigenvalue weighted by molar-refractivity contribution is 5.85. The Bertz CT molecular complexity index is 39.4. The fourth-order valence-corrected chi connectivity index (χ4v) is 0.287. The summed E-state index contributed by atoms with van der Waals surface area (Å²) >= 11 is 0. The highest BCUT2D eigenvalue weighted by Gasteiger charge is 1.74. The molecule has 0 spiro atoms. The fraction of sp³-hybridized carbons (Fsp3) is 0.800. The number of carbonyl (C=O) groups excluding carboxylic acids is 1. The number of hydrogen-bond donors (Lipinski definition) is 0. The summed E-state index contributed by atoms with van der Waals surface area (Å²) < 4.78 is 0. The molecule has 52 valence electrons. The van der Waals surface area contributed by atoms with Crippen molar-refractivity contribution in [3.63, 3.8) is 0 Å². The zero-order valence-electron chi connectivity index (χ0n) is 4.92. The highest BCUT2D eigenvalue weighted by Crippen LogP contribution is 1.87. The van der Waals surface area contributed by atoms with Crippen LogP contribution in [0.4, 0.5) is 0 Å². The molecular formula is C5H12Cl2O. The second kappa shape index (κ2) is 15.7. The molecule has 0 unspecified atom stereocenters. The molecule has 0 fully saturated rings. The van der Waals surface area contributed by atoms with Crippen molar-refractivity contribution in [2.24, 2.45) is 0 Å². The smallest absolute Gasteiger partial charge is 0.119 e. The van der Waals surface area contributed by atoms with Gasteiger partial charge in [-0.05, 0) is 6.42 Å². The number of hydrogen-bond acceptors (Lipinski definition) is 1. The minimum Gasteiger partial charge on any atom is -0.303 e. The zero-order chi connectivity index (χ0) is 4.83. The molecule has 0 aliphatic rings. The number of aldehydes is 1. The molecule has 0 radical (unpaired) electrons. The van der Waals surface area contributed by atoms with Gasteiger partial charge in [0.25, 0.3) is 0 Å². The van der Waals surface area contributed by atoms with E-state index in [1.165, 1.54) is 0 Å². The topological polar surface area (TPSA) is 17.1 Å². The fourth-order valence-electron chi connectivity index (χ4n) is 0.287. The number of halogens is 2. The Morgan fingerprint density at radius 1 is 1.38 bits per heavy atom. The highest BCUT2D eigenvalue weighted by atomic mass is 35.5.